The van der Waals surface area contributed by atoms with Crippen LogP contribution in [0.3, 0.4) is 0 Å². The summed E-state index contributed by atoms with van der Waals surface area (Å²) in [5.74, 6) is -1.19. The highest BCUT2D eigenvalue weighted by Gasteiger charge is 2.23. The highest BCUT2D eigenvalue weighted by atomic mass is 79.9. The van der Waals surface area contributed by atoms with E-state index in [1.165, 1.54) is 11.9 Å². The third-order valence-electron chi connectivity index (χ3n) is 1.33. The van der Waals surface area contributed by atoms with Crippen molar-refractivity contribution in [3.63, 3.8) is 0 Å². The molecule has 1 N–H and O–H groups in total. The third kappa shape index (κ3) is 3.69. The van der Waals surface area contributed by atoms with E-state index in [9.17, 15) is 14.7 Å². The summed E-state index contributed by atoms with van der Waals surface area (Å²) in [7, 11) is 0. The average molecular weight is 251 g/mol. The molecule has 0 bridgehead atoms. The standard InChI is InChI=1S/C8H11BrO4/c1-3-13-8(12)7(11)6(4-9)5(2)10/h4,7,11H,3H2,1-2H3/b6-4-. The van der Waals surface area contributed by atoms with Gasteiger partial charge in [-0.05, 0) is 18.8 Å². The molecule has 4 nitrogen and oxygen atoms in total. The van der Waals surface area contributed by atoms with Crippen LogP contribution in [0.5, 0.6) is 0 Å². The second-order valence-electron chi connectivity index (χ2n) is 2.28. The van der Waals surface area contributed by atoms with Gasteiger partial charge in [0.1, 0.15) is 0 Å². The van der Waals surface area contributed by atoms with Gasteiger partial charge in [0.25, 0.3) is 0 Å². The van der Waals surface area contributed by atoms with E-state index in [1.807, 2.05) is 0 Å². The summed E-state index contributed by atoms with van der Waals surface area (Å²) in [6.45, 7) is 3.05. The topological polar surface area (TPSA) is 63.6 Å². The Morgan fingerprint density at radius 1 is 1.62 bits per heavy atom. The van der Waals surface area contributed by atoms with E-state index in [2.05, 4.69) is 20.7 Å². The number of rotatable bonds is 4. The van der Waals surface area contributed by atoms with Crippen molar-refractivity contribution in [2.24, 2.45) is 0 Å². The van der Waals surface area contributed by atoms with E-state index in [0.717, 1.165) is 0 Å². The van der Waals surface area contributed by atoms with Crippen LogP contribution in [0.15, 0.2) is 10.6 Å². The summed E-state index contributed by atoms with van der Waals surface area (Å²) in [5.41, 5.74) is -0.0153. The van der Waals surface area contributed by atoms with Crippen molar-refractivity contribution in [1.82, 2.24) is 0 Å². The maximum atomic E-state index is 11.0. The van der Waals surface area contributed by atoms with Crippen LogP contribution in [-0.4, -0.2) is 29.6 Å². The number of esters is 1. The van der Waals surface area contributed by atoms with E-state index in [-0.39, 0.29) is 18.0 Å². The predicted molar refractivity (Wildman–Crippen MR) is 50.3 cm³/mol. The molecule has 0 heterocycles. The lowest BCUT2D eigenvalue weighted by atomic mass is 10.1. The first kappa shape index (κ1) is 12.3. The molecule has 0 fully saturated rings. The second kappa shape index (κ2) is 5.88. The van der Waals surface area contributed by atoms with Crippen molar-refractivity contribution in [3.8, 4) is 0 Å². The number of ketones is 1. The number of ether oxygens (including phenoxy) is 1. The minimum absolute atomic E-state index is 0.0153. The lowest BCUT2D eigenvalue weighted by Gasteiger charge is -2.09. The zero-order chi connectivity index (χ0) is 10.4. The smallest absolute Gasteiger partial charge is 0.339 e. The zero-order valence-corrected chi connectivity index (χ0v) is 9.00. The van der Waals surface area contributed by atoms with Crippen molar-refractivity contribution in [2.75, 3.05) is 6.61 Å². The van der Waals surface area contributed by atoms with Crippen LogP contribution in [0, 0.1) is 0 Å². The molecule has 0 aliphatic rings. The van der Waals surface area contributed by atoms with Gasteiger partial charge in [0.15, 0.2) is 11.9 Å². The van der Waals surface area contributed by atoms with Gasteiger partial charge < -0.3 is 9.84 Å². The quantitative estimate of drug-likeness (QED) is 0.592. The normalized spacial score (nSPS) is 13.7. The van der Waals surface area contributed by atoms with E-state index < -0.39 is 12.1 Å². The van der Waals surface area contributed by atoms with E-state index in [0.29, 0.717) is 0 Å². The van der Waals surface area contributed by atoms with Gasteiger partial charge in [-0.3, -0.25) is 4.79 Å². The Morgan fingerprint density at radius 2 is 2.15 bits per heavy atom. The van der Waals surface area contributed by atoms with Crippen molar-refractivity contribution < 1.29 is 19.4 Å². The second-order valence-corrected chi connectivity index (χ2v) is 2.73. The number of hydrogen-bond acceptors (Lipinski definition) is 4. The zero-order valence-electron chi connectivity index (χ0n) is 7.41. The predicted octanol–water partition coefficient (Wildman–Crippen LogP) is 0.778. The average Bonchev–Trinajstić information content (AvgIpc) is 2.05. The van der Waals surface area contributed by atoms with Crippen LogP contribution in [-0.2, 0) is 14.3 Å². The number of carbonyl (C=O) groups is 2. The van der Waals surface area contributed by atoms with Gasteiger partial charge in [0, 0.05) is 5.57 Å². The minimum Gasteiger partial charge on any atom is -0.464 e. The van der Waals surface area contributed by atoms with Gasteiger partial charge in [-0.1, -0.05) is 15.9 Å². The number of aliphatic hydroxyl groups excluding tert-OH is 1. The maximum absolute atomic E-state index is 11.0. The fraction of sp³-hybridized carbons (Fsp3) is 0.500. The van der Waals surface area contributed by atoms with Crippen molar-refractivity contribution >= 4 is 27.7 Å². The molecule has 0 aromatic heterocycles. The van der Waals surface area contributed by atoms with Crippen molar-refractivity contribution in [1.29, 1.82) is 0 Å². The van der Waals surface area contributed by atoms with Gasteiger partial charge in [0.2, 0.25) is 0 Å². The molecule has 5 heteroatoms. The Kier molecular flexibility index (Phi) is 5.57. The number of halogens is 1. The van der Waals surface area contributed by atoms with Crippen LogP contribution in [0.1, 0.15) is 13.8 Å². The third-order valence-corrected chi connectivity index (χ3v) is 1.82. The molecule has 0 aromatic rings. The molecule has 0 rings (SSSR count). The molecule has 0 aliphatic carbocycles. The molecule has 0 radical (unpaired) electrons. The molecule has 74 valence electrons. The lowest BCUT2D eigenvalue weighted by Crippen LogP contribution is -2.27. The van der Waals surface area contributed by atoms with E-state index in [1.54, 1.807) is 6.92 Å². The van der Waals surface area contributed by atoms with Gasteiger partial charge in [0.05, 0.1) is 6.61 Å². The Bertz CT molecular complexity index is 234. The highest BCUT2D eigenvalue weighted by molar-refractivity contribution is 9.11. The summed E-state index contributed by atoms with van der Waals surface area (Å²) >= 11 is 2.89. The fourth-order valence-electron chi connectivity index (χ4n) is 0.677. The summed E-state index contributed by atoms with van der Waals surface area (Å²) < 4.78 is 4.53. The van der Waals surface area contributed by atoms with Crippen LogP contribution in [0.25, 0.3) is 0 Å². The summed E-state index contributed by atoms with van der Waals surface area (Å²) in [6, 6.07) is 0. The molecule has 13 heavy (non-hydrogen) atoms. The highest BCUT2D eigenvalue weighted by Crippen LogP contribution is 2.08. The van der Waals surface area contributed by atoms with Crippen LogP contribution in [0.2, 0.25) is 0 Å². The fourth-order valence-corrected chi connectivity index (χ4v) is 1.25. The Labute approximate surface area is 84.7 Å². The molecule has 0 aromatic carbocycles. The van der Waals surface area contributed by atoms with Gasteiger partial charge in [-0.15, -0.1) is 0 Å². The van der Waals surface area contributed by atoms with Gasteiger partial charge in [-0.2, -0.15) is 0 Å². The molecule has 0 saturated carbocycles. The van der Waals surface area contributed by atoms with Crippen molar-refractivity contribution in [2.45, 2.75) is 20.0 Å². The number of carbonyl (C=O) groups excluding carboxylic acids is 2. The summed E-state index contributed by atoms with van der Waals surface area (Å²) in [5, 5.41) is 9.29. The van der Waals surface area contributed by atoms with E-state index in [4.69, 9.17) is 0 Å². The SMILES string of the molecule is CCOC(=O)C(O)/C(=C\Br)C(C)=O. The molecule has 0 spiro atoms. The number of Topliss-reactive ketones (excluding diaryl/α,β-unsaturated/α-hetero) is 1. The molecule has 1 atom stereocenters. The van der Waals surface area contributed by atoms with Gasteiger partial charge >= 0.3 is 5.97 Å². The molecule has 0 amide bonds. The van der Waals surface area contributed by atoms with Crippen LogP contribution >= 0.6 is 15.9 Å². The van der Waals surface area contributed by atoms with E-state index >= 15 is 0 Å². The first-order valence-electron chi connectivity index (χ1n) is 3.70. The van der Waals surface area contributed by atoms with Crippen LogP contribution in [0.4, 0.5) is 0 Å². The Hall–Kier alpha value is -0.680. The largest absolute Gasteiger partial charge is 0.464 e. The summed E-state index contributed by atoms with van der Waals surface area (Å²) in [6.07, 6.45) is -1.50. The molecule has 1 unspecified atom stereocenters. The molecule has 0 saturated heterocycles. The minimum atomic E-state index is -1.50. The first-order chi connectivity index (χ1) is 6.04. The number of aliphatic hydroxyl groups is 1. The molecular formula is C8H11BrO4. The lowest BCUT2D eigenvalue weighted by molar-refractivity contribution is -0.151. The maximum Gasteiger partial charge on any atom is 0.339 e. The summed E-state index contributed by atoms with van der Waals surface area (Å²) in [4.78, 5) is 23.0. The first-order valence-corrected chi connectivity index (χ1v) is 4.62. The Morgan fingerprint density at radius 3 is 2.46 bits per heavy atom. The number of hydrogen-bond donors (Lipinski definition) is 1. The van der Waals surface area contributed by atoms with Gasteiger partial charge in [-0.25, -0.2) is 4.79 Å². The molecule has 0 aliphatic heterocycles. The van der Waals surface area contributed by atoms with Crippen LogP contribution < -0.4 is 0 Å². The molecular weight excluding hydrogens is 240 g/mol. The Balaban J connectivity index is 4.47. The van der Waals surface area contributed by atoms with Crippen molar-refractivity contribution in [3.05, 3.63) is 10.6 Å². The monoisotopic (exact) mass is 250 g/mol.